The summed E-state index contributed by atoms with van der Waals surface area (Å²) >= 11 is 0. The predicted molar refractivity (Wildman–Crippen MR) is 199 cm³/mol. The molecule has 2 aliphatic rings. The first-order valence-corrected chi connectivity index (χ1v) is 19.3. The van der Waals surface area contributed by atoms with Gasteiger partial charge in [-0.3, -0.25) is 0 Å². The van der Waals surface area contributed by atoms with Crippen molar-refractivity contribution in [1.82, 2.24) is 0 Å². The fourth-order valence-corrected chi connectivity index (χ4v) is 10.0. The van der Waals surface area contributed by atoms with Gasteiger partial charge in [-0.25, -0.2) is 8.42 Å². The number of hydrogen-bond donors (Lipinski definition) is 2. The molecular formula is C44H54O4S. The summed E-state index contributed by atoms with van der Waals surface area (Å²) in [6.07, 6.45) is 2.68. The van der Waals surface area contributed by atoms with Gasteiger partial charge in [-0.15, -0.1) is 0 Å². The third-order valence-electron chi connectivity index (χ3n) is 12.0. The maximum Gasteiger partial charge on any atom is 0.207 e. The van der Waals surface area contributed by atoms with E-state index in [0.29, 0.717) is 22.3 Å². The summed E-state index contributed by atoms with van der Waals surface area (Å²) in [6.45, 7) is 21.8. The highest BCUT2D eigenvalue weighted by molar-refractivity contribution is 7.91. The molecule has 4 nitrogen and oxygen atoms in total. The maximum atomic E-state index is 14.0. The number of benzene rings is 4. The van der Waals surface area contributed by atoms with E-state index in [-0.39, 0.29) is 31.5 Å². The Morgan fingerprint density at radius 3 is 1.08 bits per heavy atom. The van der Waals surface area contributed by atoms with Crippen LogP contribution in [0.25, 0.3) is 0 Å². The highest BCUT2D eigenvalue weighted by Gasteiger charge is 2.39. The number of hydrogen-bond acceptors (Lipinski definition) is 4. The lowest BCUT2D eigenvalue weighted by molar-refractivity contribution is 0.219. The molecule has 2 unspecified atom stereocenters. The minimum Gasteiger partial charge on any atom is -0.384 e. The molecule has 0 saturated heterocycles. The van der Waals surface area contributed by atoms with Crippen molar-refractivity contribution < 1.29 is 18.6 Å². The quantitative estimate of drug-likeness (QED) is 0.213. The molecule has 5 heteroatoms. The van der Waals surface area contributed by atoms with Gasteiger partial charge in [-0.1, -0.05) is 116 Å². The fraction of sp³-hybridized carbons (Fsp3) is 0.455. The summed E-state index contributed by atoms with van der Waals surface area (Å²) in [6, 6.07) is 22.9. The predicted octanol–water partition coefficient (Wildman–Crippen LogP) is 10.00. The smallest absolute Gasteiger partial charge is 0.207 e. The Labute approximate surface area is 294 Å². The van der Waals surface area contributed by atoms with Crippen molar-refractivity contribution in [2.24, 2.45) is 0 Å². The molecule has 6 rings (SSSR count). The van der Waals surface area contributed by atoms with Crippen LogP contribution in [0.5, 0.6) is 0 Å². The van der Waals surface area contributed by atoms with Gasteiger partial charge in [0.05, 0.1) is 9.79 Å². The van der Waals surface area contributed by atoms with Gasteiger partial charge in [0.25, 0.3) is 0 Å². The number of aliphatic hydroxyl groups excluding tert-OH is 2. The van der Waals surface area contributed by atoms with Crippen molar-refractivity contribution in [3.05, 3.63) is 128 Å². The van der Waals surface area contributed by atoms with Crippen molar-refractivity contribution in [2.45, 2.75) is 139 Å². The lowest BCUT2D eigenvalue weighted by atomic mass is 9.63. The van der Waals surface area contributed by atoms with E-state index in [1.165, 1.54) is 22.3 Å². The third-order valence-corrected chi connectivity index (χ3v) is 14.1. The Kier molecular flexibility index (Phi) is 8.66. The molecule has 2 atom stereocenters. The lowest BCUT2D eigenvalue weighted by Gasteiger charge is -2.42. The molecule has 0 amide bonds. The van der Waals surface area contributed by atoms with Crippen molar-refractivity contribution in [2.75, 3.05) is 0 Å². The summed E-state index contributed by atoms with van der Waals surface area (Å²) in [5, 5.41) is 23.0. The van der Waals surface area contributed by atoms with Gasteiger partial charge in [0, 0.05) is 0 Å². The van der Waals surface area contributed by atoms with Gasteiger partial charge >= 0.3 is 0 Å². The Bertz CT molecular complexity index is 1910. The molecular weight excluding hydrogens is 625 g/mol. The van der Waals surface area contributed by atoms with Crippen LogP contribution in [-0.2, 0) is 31.5 Å². The number of rotatable bonds is 6. The Morgan fingerprint density at radius 2 is 0.755 bits per heavy atom. The van der Waals surface area contributed by atoms with Crippen LogP contribution in [0.2, 0.25) is 0 Å². The molecule has 49 heavy (non-hydrogen) atoms. The van der Waals surface area contributed by atoms with Gasteiger partial charge in [-0.05, 0) is 129 Å². The zero-order valence-electron chi connectivity index (χ0n) is 31.0. The Morgan fingerprint density at radius 1 is 0.469 bits per heavy atom. The largest absolute Gasteiger partial charge is 0.384 e. The molecule has 260 valence electrons. The van der Waals surface area contributed by atoms with Crippen LogP contribution in [0.4, 0.5) is 0 Å². The normalized spacial score (nSPS) is 20.2. The molecule has 0 aliphatic heterocycles. The SMILES string of the molecule is Cc1cc(C(O)c2ccc3c(c2)C(C)(C)CCC3(C)C)ccc1S(=O)(=O)c1ccc(C(O)c2ccc3c(c2)C(C)(C)CCC3(C)C)cc1C. The zero-order valence-corrected chi connectivity index (χ0v) is 31.8. The van der Waals surface area contributed by atoms with Crippen molar-refractivity contribution in [3.8, 4) is 0 Å². The number of sulfone groups is 1. The first kappa shape index (κ1) is 35.6. The van der Waals surface area contributed by atoms with Crippen molar-refractivity contribution in [1.29, 1.82) is 0 Å². The molecule has 2 N–H and O–H groups in total. The Hall–Kier alpha value is -3.25. The number of aliphatic hydroxyl groups is 2. The van der Waals surface area contributed by atoms with Crippen LogP contribution < -0.4 is 0 Å². The average Bonchev–Trinajstić information content (AvgIpc) is 3.04. The number of fused-ring (bicyclic) bond motifs is 2. The first-order chi connectivity index (χ1) is 22.7. The minimum atomic E-state index is -3.86. The maximum absolute atomic E-state index is 14.0. The minimum absolute atomic E-state index is 0.0204. The van der Waals surface area contributed by atoms with Gasteiger partial charge in [-0.2, -0.15) is 0 Å². The van der Waals surface area contributed by atoms with Crippen molar-refractivity contribution in [3.63, 3.8) is 0 Å². The van der Waals surface area contributed by atoms with Gasteiger partial charge < -0.3 is 10.2 Å². The van der Waals surface area contributed by atoms with E-state index >= 15 is 0 Å². The standard InChI is InChI=1S/C44H54O4S/c1-27-23-29(39(45)31-11-15-33-35(25-31)43(7,8)21-19-41(33,3)4)13-17-37(27)49(47,48)38-18-14-30(24-28(38)2)40(46)32-12-16-34-36(26-32)44(9,10)22-20-42(34,5)6/h11-18,23-26,39-40,45-46H,19-22H2,1-10H3. The van der Waals surface area contributed by atoms with Gasteiger partial charge in [0.2, 0.25) is 9.84 Å². The lowest BCUT2D eigenvalue weighted by Crippen LogP contribution is -2.34. The van der Waals surface area contributed by atoms with Crippen LogP contribution >= 0.6 is 0 Å². The molecule has 4 aromatic rings. The third kappa shape index (κ3) is 6.21. The van der Waals surface area contributed by atoms with E-state index in [9.17, 15) is 18.6 Å². The molecule has 0 fully saturated rings. The molecule has 0 radical (unpaired) electrons. The van der Waals surface area contributed by atoms with Crippen LogP contribution in [0.15, 0.2) is 82.6 Å². The van der Waals surface area contributed by atoms with Crippen LogP contribution in [-0.4, -0.2) is 18.6 Å². The molecule has 4 aromatic carbocycles. The fourth-order valence-electron chi connectivity index (χ4n) is 8.34. The summed E-state index contributed by atoms with van der Waals surface area (Å²) in [4.78, 5) is 0.431. The highest BCUT2D eigenvalue weighted by atomic mass is 32.2. The summed E-state index contributed by atoms with van der Waals surface area (Å²) in [5.41, 5.74) is 9.56. The summed E-state index contributed by atoms with van der Waals surface area (Å²) in [7, 11) is -3.86. The molecule has 0 aromatic heterocycles. The molecule has 0 heterocycles. The summed E-state index contributed by atoms with van der Waals surface area (Å²) in [5.74, 6) is 0. The molecule has 0 saturated carbocycles. The number of aryl methyl sites for hydroxylation is 2. The van der Waals surface area contributed by atoms with Crippen LogP contribution in [0.3, 0.4) is 0 Å². The average molecular weight is 679 g/mol. The van der Waals surface area contributed by atoms with Crippen molar-refractivity contribution >= 4 is 9.84 Å². The van der Waals surface area contributed by atoms with Gasteiger partial charge in [0.1, 0.15) is 12.2 Å². The van der Waals surface area contributed by atoms with Crippen LogP contribution in [0.1, 0.15) is 149 Å². The molecule has 2 aliphatic carbocycles. The first-order valence-electron chi connectivity index (χ1n) is 17.8. The van der Waals surface area contributed by atoms with E-state index < -0.39 is 22.0 Å². The summed E-state index contributed by atoms with van der Waals surface area (Å²) < 4.78 is 28.1. The van der Waals surface area contributed by atoms with E-state index in [2.05, 4.69) is 79.7 Å². The van der Waals surface area contributed by atoms with E-state index in [1.807, 2.05) is 12.1 Å². The second-order valence-electron chi connectivity index (χ2n) is 17.5. The van der Waals surface area contributed by atoms with Crippen LogP contribution in [0, 0.1) is 13.8 Å². The highest BCUT2D eigenvalue weighted by Crippen LogP contribution is 2.48. The molecule has 0 spiro atoms. The van der Waals surface area contributed by atoms with E-state index in [4.69, 9.17) is 0 Å². The van der Waals surface area contributed by atoms with Gasteiger partial charge in [0.15, 0.2) is 0 Å². The monoisotopic (exact) mass is 678 g/mol. The van der Waals surface area contributed by atoms with E-state index in [0.717, 1.165) is 36.8 Å². The topological polar surface area (TPSA) is 74.6 Å². The zero-order chi connectivity index (χ0) is 35.9. The second kappa shape index (κ2) is 11.9. The Balaban J connectivity index is 1.27. The second-order valence-corrected chi connectivity index (χ2v) is 19.4. The van der Waals surface area contributed by atoms with E-state index in [1.54, 1.807) is 50.2 Å². The molecule has 0 bridgehead atoms.